The molecule has 128 valence electrons. The molecule has 24 heavy (non-hydrogen) atoms. The fourth-order valence-corrected chi connectivity index (χ4v) is 3.94. The number of nitrogens with zero attached hydrogens (tertiary/aromatic N) is 4. The molecule has 1 saturated heterocycles. The van der Waals surface area contributed by atoms with Crippen LogP contribution in [0.3, 0.4) is 0 Å². The molecule has 3 rings (SSSR count). The molecular formula is C18H24N4OS. The van der Waals surface area contributed by atoms with Gasteiger partial charge < -0.3 is 9.47 Å². The molecule has 1 amide bonds. The van der Waals surface area contributed by atoms with Crippen molar-refractivity contribution in [2.45, 2.75) is 44.2 Å². The quantitative estimate of drug-likeness (QED) is 0.754. The molecule has 0 radical (unpaired) electrons. The Morgan fingerprint density at radius 1 is 1.33 bits per heavy atom. The van der Waals surface area contributed by atoms with Crippen LogP contribution in [0.15, 0.2) is 41.6 Å². The standard InChI is InChI=1S/C18H24N4OS/c1-14(2)11-21-13-19-20-18(21)16-9-6-10-22(16)17(23)12-24-15-7-4-3-5-8-15/h3-5,7-8,13-14,16H,6,9-12H2,1-2H3/t16-/m1/s1. The zero-order valence-corrected chi connectivity index (χ0v) is 15.1. The third-order valence-electron chi connectivity index (χ3n) is 4.18. The maximum absolute atomic E-state index is 12.7. The van der Waals surface area contributed by atoms with Crippen molar-refractivity contribution in [1.29, 1.82) is 0 Å². The van der Waals surface area contributed by atoms with Crippen LogP contribution >= 0.6 is 11.8 Å². The molecule has 0 N–H and O–H groups in total. The number of hydrogen-bond donors (Lipinski definition) is 0. The molecule has 6 heteroatoms. The lowest BCUT2D eigenvalue weighted by atomic mass is 10.2. The van der Waals surface area contributed by atoms with Crippen molar-refractivity contribution in [2.24, 2.45) is 5.92 Å². The lowest BCUT2D eigenvalue weighted by Gasteiger charge is -2.24. The van der Waals surface area contributed by atoms with Gasteiger partial charge in [0.1, 0.15) is 6.33 Å². The van der Waals surface area contributed by atoms with Crippen LogP contribution in [0.25, 0.3) is 0 Å². The highest BCUT2D eigenvalue weighted by atomic mass is 32.2. The zero-order chi connectivity index (χ0) is 16.9. The molecule has 1 fully saturated rings. The lowest BCUT2D eigenvalue weighted by Crippen LogP contribution is -2.33. The van der Waals surface area contributed by atoms with Gasteiger partial charge in [0.25, 0.3) is 0 Å². The molecule has 1 aliphatic rings. The average Bonchev–Trinajstić information content (AvgIpc) is 3.21. The molecule has 0 unspecified atom stereocenters. The van der Waals surface area contributed by atoms with Gasteiger partial charge in [0.15, 0.2) is 5.82 Å². The number of benzene rings is 1. The molecule has 1 aromatic carbocycles. The van der Waals surface area contributed by atoms with Crippen molar-refractivity contribution in [2.75, 3.05) is 12.3 Å². The summed E-state index contributed by atoms with van der Waals surface area (Å²) >= 11 is 1.60. The van der Waals surface area contributed by atoms with Crippen LogP contribution in [0, 0.1) is 5.92 Å². The molecule has 1 aromatic heterocycles. The number of amides is 1. The van der Waals surface area contributed by atoms with E-state index in [4.69, 9.17) is 0 Å². The molecule has 0 spiro atoms. The first-order chi connectivity index (χ1) is 11.6. The lowest BCUT2D eigenvalue weighted by molar-refractivity contribution is -0.129. The van der Waals surface area contributed by atoms with Gasteiger partial charge in [-0.1, -0.05) is 32.0 Å². The minimum Gasteiger partial charge on any atom is -0.332 e. The topological polar surface area (TPSA) is 51.0 Å². The SMILES string of the molecule is CC(C)Cn1cnnc1[C@H]1CCCN1C(=O)CSc1ccccc1. The highest BCUT2D eigenvalue weighted by molar-refractivity contribution is 8.00. The summed E-state index contributed by atoms with van der Waals surface area (Å²) in [6.07, 6.45) is 3.79. The third kappa shape index (κ3) is 3.98. The molecular weight excluding hydrogens is 320 g/mol. The fourth-order valence-electron chi connectivity index (χ4n) is 3.13. The number of rotatable bonds is 6. The summed E-state index contributed by atoms with van der Waals surface area (Å²) in [7, 11) is 0. The van der Waals surface area contributed by atoms with Crippen molar-refractivity contribution >= 4 is 17.7 Å². The first-order valence-electron chi connectivity index (χ1n) is 8.50. The van der Waals surface area contributed by atoms with E-state index in [0.29, 0.717) is 11.7 Å². The fraction of sp³-hybridized carbons (Fsp3) is 0.500. The number of likely N-dealkylation sites (tertiary alicyclic amines) is 1. The molecule has 0 aliphatic carbocycles. The van der Waals surface area contributed by atoms with Gasteiger partial charge in [0.05, 0.1) is 11.8 Å². The second kappa shape index (κ2) is 7.83. The minimum atomic E-state index is 0.0649. The van der Waals surface area contributed by atoms with Gasteiger partial charge in [0.2, 0.25) is 5.91 Å². The molecule has 2 heterocycles. The molecule has 0 saturated carbocycles. The summed E-state index contributed by atoms with van der Waals surface area (Å²) in [5.74, 6) is 2.11. The number of carbonyl (C=O) groups is 1. The largest absolute Gasteiger partial charge is 0.332 e. The Balaban J connectivity index is 1.67. The molecule has 0 bridgehead atoms. The van der Waals surface area contributed by atoms with Gasteiger partial charge in [-0.15, -0.1) is 22.0 Å². The van der Waals surface area contributed by atoms with Crippen molar-refractivity contribution in [3.05, 3.63) is 42.5 Å². The normalized spacial score (nSPS) is 17.6. The molecule has 1 atom stereocenters. The van der Waals surface area contributed by atoms with E-state index < -0.39 is 0 Å². The summed E-state index contributed by atoms with van der Waals surface area (Å²) < 4.78 is 2.10. The van der Waals surface area contributed by atoms with Crippen LogP contribution in [0.5, 0.6) is 0 Å². The summed E-state index contributed by atoms with van der Waals surface area (Å²) in [6, 6.07) is 10.1. The van der Waals surface area contributed by atoms with Gasteiger partial charge in [-0.25, -0.2) is 0 Å². The van der Waals surface area contributed by atoms with Crippen LogP contribution in [-0.2, 0) is 11.3 Å². The van der Waals surface area contributed by atoms with Crippen LogP contribution in [0.1, 0.15) is 38.6 Å². The summed E-state index contributed by atoms with van der Waals surface area (Å²) in [5.41, 5.74) is 0. The number of thioether (sulfide) groups is 1. The zero-order valence-electron chi connectivity index (χ0n) is 14.3. The second-order valence-corrected chi connectivity index (χ2v) is 7.63. The highest BCUT2D eigenvalue weighted by Gasteiger charge is 2.33. The van der Waals surface area contributed by atoms with Gasteiger partial charge in [-0.05, 0) is 30.9 Å². The van der Waals surface area contributed by atoms with Crippen molar-refractivity contribution < 1.29 is 4.79 Å². The van der Waals surface area contributed by atoms with E-state index in [9.17, 15) is 4.79 Å². The second-order valence-electron chi connectivity index (χ2n) is 6.58. The van der Waals surface area contributed by atoms with E-state index in [2.05, 4.69) is 28.6 Å². The number of hydrogen-bond acceptors (Lipinski definition) is 4. The Morgan fingerprint density at radius 2 is 2.12 bits per heavy atom. The average molecular weight is 344 g/mol. The smallest absolute Gasteiger partial charge is 0.233 e. The Bertz CT molecular complexity index is 671. The highest BCUT2D eigenvalue weighted by Crippen LogP contribution is 2.32. The summed E-state index contributed by atoms with van der Waals surface area (Å²) in [5, 5.41) is 8.39. The van der Waals surface area contributed by atoms with Gasteiger partial charge in [-0.3, -0.25) is 4.79 Å². The summed E-state index contributed by atoms with van der Waals surface area (Å²) in [4.78, 5) is 15.8. The molecule has 2 aromatic rings. The predicted molar refractivity (Wildman–Crippen MR) is 95.7 cm³/mol. The van der Waals surface area contributed by atoms with E-state index in [1.807, 2.05) is 35.2 Å². The number of aromatic nitrogens is 3. The van der Waals surface area contributed by atoms with Crippen LogP contribution in [0.4, 0.5) is 0 Å². The third-order valence-corrected chi connectivity index (χ3v) is 5.18. The van der Waals surface area contributed by atoms with Crippen LogP contribution in [-0.4, -0.2) is 37.9 Å². The molecule has 1 aliphatic heterocycles. The van der Waals surface area contributed by atoms with Gasteiger partial charge >= 0.3 is 0 Å². The minimum absolute atomic E-state index is 0.0649. The van der Waals surface area contributed by atoms with E-state index in [1.165, 1.54) is 0 Å². The summed E-state index contributed by atoms with van der Waals surface area (Å²) in [6.45, 7) is 6.06. The molecule has 5 nitrogen and oxygen atoms in total. The van der Waals surface area contributed by atoms with Crippen molar-refractivity contribution in [3.63, 3.8) is 0 Å². The maximum Gasteiger partial charge on any atom is 0.233 e. The Morgan fingerprint density at radius 3 is 2.88 bits per heavy atom. The van der Waals surface area contributed by atoms with Crippen LogP contribution < -0.4 is 0 Å². The monoisotopic (exact) mass is 344 g/mol. The van der Waals surface area contributed by atoms with E-state index in [1.54, 1.807) is 18.1 Å². The van der Waals surface area contributed by atoms with E-state index in [0.717, 1.165) is 36.7 Å². The van der Waals surface area contributed by atoms with Crippen molar-refractivity contribution in [1.82, 2.24) is 19.7 Å². The van der Waals surface area contributed by atoms with E-state index in [-0.39, 0.29) is 11.9 Å². The van der Waals surface area contributed by atoms with E-state index >= 15 is 0 Å². The number of carbonyl (C=O) groups excluding carboxylic acids is 1. The first kappa shape index (κ1) is 17.0. The van der Waals surface area contributed by atoms with Crippen LogP contribution in [0.2, 0.25) is 0 Å². The Labute approximate surface area is 147 Å². The van der Waals surface area contributed by atoms with Gasteiger partial charge in [-0.2, -0.15) is 0 Å². The van der Waals surface area contributed by atoms with Crippen molar-refractivity contribution in [3.8, 4) is 0 Å². The Kier molecular flexibility index (Phi) is 5.56. The van der Waals surface area contributed by atoms with Gasteiger partial charge in [0, 0.05) is 18.0 Å². The maximum atomic E-state index is 12.7. The Hall–Kier alpha value is -1.82. The predicted octanol–water partition coefficient (Wildman–Crippen LogP) is 3.39. The first-order valence-corrected chi connectivity index (χ1v) is 9.48.